The predicted molar refractivity (Wildman–Crippen MR) is 73.8 cm³/mol. The van der Waals surface area contributed by atoms with E-state index in [0.29, 0.717) is 12.0 Å². The van der Waals surface area contributed by atoms with Crippen molar-refractivity contribution in [1.82, 2.24) is 0 Å². The van der Waals surface area contributed by atoms with Crippen molar-refractivity contribution in [3.63, 3.8) is 0 Å². The van der Waals surface area contributed by atoms with Crippen LogP contribution in [0.4, 0.5) is 0 Å². The first-order valence-corrected chi connectivity index (χ1v) is 6.49. The van der Waals surface area contributed by atoms with E-state index in [1.807, 2.05) is 27.7 Å². The number of carbonyl (C=O) groups is 1. The van der Waals surface area contributed by atoms with Crippen molar-refractivity contribution in [3.8, 4) is 17.2 Å². The second-order valence-electron chi connectivity index (χ2n) is 5.60. The molecule has 0 saturated carbocycles. The molecule has 0 amide bonds. The molecule has 2 N–H and O–H groups in total. The molecule has 0 bridgehead atoms. The van der Waals surface area contributed by atoms with E-state index in [1.165, 1.54) is 0 Å². The molecule has 4 nitrogen and oxygen atoms in total. The van der Waals surface area contributed by atoms with Crippen molar-refractivity contribution >= 4 is 5.78 Å². The molecular formula is C15H22O4. The maximum Gasteiger partial charge on any atom is 0.200 e. The lowest BCUT2D eigenvalue weighted by molar-refractivity contribution is -0.118. The van der Waals surface area contributed by atoms with E-state index in [-0.39, 0.29) is 29.5 Å². The number of hydrogen-bond donors (Lipinski definition) is 2. The first-order valence-electron chi connectivity index (χ1n) is 6.49. The summed E-state index contributed by atoms with van der Waals surface area (Å²) in [7, 11) is 0. The minimum atomic E-state index is -0.469. The standard InChI is InChI=1S/C15H22O4/c1-5-6-11(16)9-10-7-8-12(14(18)13(10)17)19-15(2,3)4/h7-8,17-18H,5-6,9H2,1-4H3. The molecule has 0 aromatic heterocycles. The zero-order valence-corrected chi connectivity index (χ0v) is 12.0. The maximum absolute atomic E-state index is 11.6. The number of rotatable bonds is 5. The molecule has 0 fully saturated rings. The number of carbonyl (C=O) groups excluding carboxylic acids is 1. The fraction of sp³-hybridized carbons (Fsp3) is 0.533. The van der Waals surface area contributed by atoms with Crippen LogP contribution in [-0.2, 0) is 11.2 Å². The SMILES string of the molecule is CCCC(=O)Cc1ccc(OC(C)(C)C)c(O)c1O. The predicted octanol–water partition coefficient (Wildman–Crippen LogP) is 3.19. The molecule has 0 heterocycles. The summed E-state index contributed by atoms with van der Waals surface area (Å²) in [4.78, 5) is 11.6. The zero-order valence-electron chi connectivity index (χ0n) is 12.0. The molecule has 19 heavy (non-hydrogen) atoms. The smallest absolute Gasteiger partial charge is 0.200 e. The van der Waals surface area contributed by atoms with Gasteiger partial charge in [0.2, 0.25) is 5.75 Å². The average molecular weight is 266 g/mol. The number of phenols is 2. The van der Waals surface area contributed by atoms with Crippen molar-refractivity contribution < 1.29 is 19.7 Å². The van der Waals surface area contributed by atoms with Crippen molar-refractivity contribution in [2.45, 2.75) is 52.6 Å². The van der Waals surface area contributed by atoms with Gasteiger partial charge in [0, 0.05) is 18.4 Å². The van der Waals surface area contributed by atoms with E-state index in [4.69, 9.17) is 4.74 Å². The third-order valence-corrected chi connectivity index (χ3v) is 2.53. The van der Waals surface area contributed by atoms with Crippen LogP contribution in [0.1, 0.15) is 46.1 Å². The molecule has 106 valence electrons. The summed E-state index contributed by atoms with van der Waals surface area (Å²) < 4.78 is 5.53. The summed E-state index contributed by atoms with van der Waals surface area (Å²) in [6.45, 7) is 7.47. The van der Waals surface area contributed by atoms with E-state index in [9.17, 15) is 15.0 Å². The van der Waals surface area contributed by atoms with Gasteiger partial charge in [-0.3, -0.25) is 4.79 Å². The van der Waals surface area contributed by atoms with Crippen LogP contribution in [0, 0.1) is 0 Å². The van der Waals surface area contributed by atoms with Gasteiger partial charge in [-0.15, -0.1) is 0 Å². The monoisotopic (exact) mass is 266 g/mol. The van der Waals surface area contributed by atoms with Gasteiger partial charge in [-0.1, -0.05) is 13.0 Å². The highest BCUT2D eigenvalue weighted by Gasteiger charge is 2.19. The highest BCUT2D eigenvalue weighted by molar-refractivity contribution is 5.82. The Morgan fingerprint density at radius 1 is 1.21 bits per heavy atom. The van der Waals surface area contributed by atoms with Gasteiger partial charge in [0.05, 0.1) is 0 Å². The fourth-order valence-electron chi connectivity index (χ4n) is 1.74. The molecule has 4 heteroatoms. The van der Waals surface area contributed by atoms with Gasteiger partial charge in [-0.25, -0.2) is 0 Å². The molecule has 0 radical (unpaired) electrons. The Morgan fingerprint density at radius 3 is 2.37 bits per heavy atom. The van der Waals surface area contributed by atoms with Gasteiger partial charge in [0.25, 0.3) is 0 Å². The summed E-state index contributed by atoms with van der Waals surface area (Å²) in [5, 5.41) is 19.8. The second-order valence-corrected chi connectivity index (χ2v) is 5.60. The summed E-state index contributed by atoms with van der Waals surface area (Å²) in [5.41, 5.74) is -0.0408. The van der Waals surface area contributed by atoms with Crippen LogP contribution in [-0.4, -0.2) is 21.6 Å². The van der Waals surface area contributed by atoms with E-state index in [1.54, 1.807) is 12.1 Å². The molecule has 1 aromatic rings. The number of ketones is 1. The Kier molecular flexibility index (Phi) is 4.81. The van der Waals surface area contributed by atoms with E-state index in [0.717, 1.165) is 6.42 Å². The molecule has 0 unspecified atom stereocenters. The van der Waals surface area contributed by atoms with Crippen molar-refractivity contribution in [2.24, 2.45) is 0 Å². The minimum Gasteiger partial charge on any atom is -0.504 e. The van der Waals surface area contributed by atoms with E-state index < -0.39 is 5.60 Å². The number of phenolic OH excluding ortho intramolecular Hbond substituents is 2. The molecule has 0 aliphatic carbocycles. The fourth-order valence-corrected chi connectivity index (χ4v) is 1.74. The number of benzene rings is 1. The first kappa shape index (κ1) is 15.3. The molecule has 0 aliphatic heterocycles. The van der Waals surface area contributed by atoms with Gasteiger partial charge < -0.3 is 14.9 Å². The molecule has 0 saturated heterocycles. The summed E-state index contributed by atoms with van der Waals surface area (Å²) >= 11 is 0. The quantitative estimate of drug-likeness (QED) is 0.803. The van der Waals surface area contributed by atoms with E-state index >= 15 is 0 Å². The summed E-state index contributed by atoms with van der Waals surface area (Å²) in [6.07, 6.45) is 1.38. The molecule has 0 aliphatic rings. The van der Waals surface area contributed by atoms with Crippen LogP contribution in [0.5, 0.6) is 17.2 Å². The van der Waals surface area contributed by atoms with Crippen molar-refractivity contribution in [2.75, 3.05) is 0 Å². The Morgan fingerprint density at radius 2 is 1.84 bits per heavy atom. The van der Waals surface area contributed by atoms with Crippen molar-refractivity contribution in [1.29, 1.82) is 0 Å². The van der Waals surface area contributed by atoms with E-state index in [2.05, 4.69) is 0 Å². The normalized spacial score (nSPS) is 11.4. The third kappa shape index (κ3) is 4.47. The summed E-state index contributed by atoms with van der Waals surface area (Å²) in [6, 6.07) is 3.19. The van der Waals surface area contributed by atoms with Gasteiger partial charge >= 0.3 is 0 Å². The van der Waals surface area contributed by atoms with Gasteiger partial charge in [-0.05, 0) is 33.3 Å². The number of aromatic hydroxyl groups is 2. The molecular weight excluding hydrogens is 244 g/mol. The highest BCUT2D eigenvalue weighted by atomic mass is 16.5. The topological polar surface area (TPSA) is 66.8 Å². The van der Waals surface area contributed by atoms with Crippen LogP contribution in [0.3, 0.4) is 0 Å². The Labute approximate surface area is 114 Å². The Balaban J connectivity index is 2.94. The number of hydrogen-bond acceptors (Lipinski definition) is 4. The average Bonchev–Trinajstić information content (AvgIpc) is 2.28. The van der Waals surface area contributed by atoms with Gasteiger partial charge in [0.1, 0.15) is 11.4 Å². The largest absolute Gasteiger partial charge is 0.504 e. The highest BCUT2D eigenvalue weighted by Crippen LogP contribution is 2.39. The Hall–Kier alpha value is -1.71. The maximum atomic E-state index is 11.6. The number of Topliss-reactive ketones (excluding diaryl/α,β-unsaturated/α-hetero) is 1. The third-order valence-electron chi connectivity index (χ3n) is 2.53. The van der Waals surface area contributed by atoms with Crippen LogP contribution < -0.4 is 4.74 Å². The summed E-state index contributed by atoms with van der Waals surface area (Å²) in [5.74, 6) is -0.318. The minimum absolute atomic E-state index is 0.0432. The lowest BCUT2D eigenvalue weighted by atomic mass is 10.0. The first-order chi connectivity index (χ1) is 8.74. The van der Waals surface area contributed by atoms with Crippen molar-refractivity contribution in [3.05, 3.63) is 17.7 Å². The molecule has 0 spiro atoms. The van der Waals surface area contributed by atoms with Crippen LogP contribution in [0.15, 0.2) is 12.1 Å². The van der Waals surface area contributed by atoms with Crippen LogP contribution in [0.2, 0.25) is 0 Å². The molecule has 0 atom stereocenters. The lowest BCUT2D eigenvalue weighted by Crippen LogP contribution is -2.23. The van der Waals surface area contributed by atoms with Crippen LogP contribution >= 0.6 is 0 Å². The Bertz CT molecular complexity index is 458. The second kappa shape index (κ2) is 5.95. The zero-order chi connectivity index (χ0) is 14.6. The molecule has 1 rings (SSSR count). The van der Waals surface area contributed by atoms with Gasteiger partial charge in [0.15, 0.2) is 11.5 Å². The molecule has 1 aromatic carbocycles. The van der Waals surface area contributed by atoms with Gasteiger partial charge in [-0.2, -0.15) is 0 Å². The van der Waals surface area contributed by atoms with Crippen LogP contribution in [0.25, 0.3) is 0 Å². The lowest BCUT2D eigenvalue weighted by Gasteiger charge is -2.22. The number of ether oxygens (including phenoxy) is 1.